The number of hydroxylamine groups is 1. The van der Waals surface area contributed by atoms with Crippen LogP contribution < -0.4 is 10.2 Å². The Labute approximate surface area is 261 Å². The molecular formula is C37H32N2O6. The van der Waals surface area contributed by atoms with Crippen molar-refractivity contribution in [1.29, 1.82) is 0 Å². The first kappa shape index (κ1) is 30.7. The maximum Gasteiger partial charge on any atom is 0.337 e. The van der Waals surface area contributed by atoms with E-state index in [4.69, 9.17) is 14.3 Å². The predicted octanol–water partition coefficient (Wildman–Crippen LogP) is 6.97. The summed E-state index contributed by atoms with van der Waals surface area (Å²) in [7, 11) is 1.24. The standard InChI is InChI=1S/C37H32N2O6/c1-43-37(42)32-22-30(35(40)38-44-26-29-13-7-3-8-14-29)21-31(23-32)36(41)39(24-27-11-5-2-6-12-27)25-28-17-19-34(20-18-28)45-33-15-9-4-10-16-33/h2-23H,24-26H2,1H3,(H,38,40). The summed E-state index contributed by atoms with van der Waals surface area (Å²) in [6.45, 7) is 0.713. The Morgan fingerprint density at radius 1 is 0.600 bits per heavy atom. The molecule has 0 bridgehead atoms. The SMILES string of the molecule is COC(=O)c1cc(C(=O)NOCc2ccccc2)cc(C(=O)N(Cc2ccccc2)Cc2ccc(Oc3ccccc3)cc2)c1. The minimum Gasteiger partial charge on any atom is -0.465 e. The molecule has 0 aliphatic carbocycles. The van der Waals surface area contributed by atoms with Crippen LogP contribution in [0.15, 0.2) is 133 Å². The highest BCUT2D eigenvalue weighted by Gasteiger charge is 2.22. The molecule has 0 fully saturated rings. The number of para-hydroxylation sites is 1. The minimum atomic E-state index is -0.674. The van der Waals surface area contributed by atoms with Gasteiger partial charge in [-0.05, 0) is 59.2 Å². The normalized spacial score (nSPS) is 10.5. The van der Waals surface area contributed by atoms with Crippen molar-refractivity contribution in [3.8, 4) is 11.5 Å². The highest BCUT2D eigenvalue weighted by Crippen LogP contribution is 2.23. The van der Waals surface area contributed by atoms with Crippen LogP contribution in [0, 0.1) is 0 Å². The first-order valence-electron chi connectivity index (χ1n) is 14.3. The number of nitrogens with one attached hydrogen (secondary N) is 1. The molecule has 0 aromatic heterocycles. The van der Waals surface area contributed by atoms with Crippen LogP contribution in [0.4, 0.5) is 0 Å². The van der Waals surface area contributed by atoms with Crippen molar-refractivity contribution >= 4 is 17.8 Å². The van der Waals surface area contributed by atoms with Gasteiger partial charge in [-0.1, -0.05) is 91.0 Å². The van der Waals surface area contributed by atoms with Gasteiger partial charge in [0.1, 0.15) is 11.5 Å². The van der Waals surface area contributed by atoms with E-state index in [1.54, 1.807) is 4.90 Å². The average molecular weight is 601 g/mol. The van der Waals surface area contributed by atoms with Crippen molar-refractivity contribution in [2.24, 2.45) is 0 Å². The van der Waals surface area contributed by atoms with Crippen molar-refractivity contribution in [2.75, 3.05) is 7.11 Å². The zero-order chi connectivity index (χ0) is 31.4. The molecule has 0 saturated carbocycles. The lowest BCUT2D eigenvalue weighted by molar-refractivity contribution is 0.0233. The fourth-order valence-corrected chi connectivity index (χ4v) is 4.63. The van der Waals surface area contributed by atoms with Gasteiger partial charge in [-0.3, -0.25) is 14.4 Å². The Morgan fingerprint density at radius 2 is 1.11 bits per heavy atom. The van der Waals surface area contributed by atoms with Gasteiger partial charge < -0.3 is 14.4 Å². The van der Waals surface area contributed by atoms with Crippen LogP contribution in [-0.4, -0.2) is 29.8 Å². The molecule has 0 aliphatic heterocycles. The number of esters is 1. The molecule has 5 rings (SSSR count). The number of carbonyl (C=O) groups excluding carboxylic acids is 3. The number of rotatable bonds is 12. The Bertz CT molecular complexity index is 1730. The van der Waals surface area contributed by atoms with E-state index in [-0.39, 0.29) is 35.7 Å². The fraction of sp³-hybridized carbons (Fsp3) is 0.108. The van der Waals surface area contributed by atoms with Crippen LogP contribution in [0.25, 0.3) is 0 Å². The summed E-state index contributed by atoms with van der Waals surface area (Å²) in [6.07, 6.45) is 0. The summed E-state index contributed by atoms with van der Waals surface area (Å²) < 4.78 is 10.8. The maximum atomic E-state index is 14.1. The van der Waals surface area contributed by atoms with Crippen LogP contribution >= 0.6 is 0 Å². The molecule has 1 N–H and O–H groups in total. The first-order chi connectivity index (χ1) is 22.0. The van der Waals surface area contributed by atoms with Crippen molar-refractivity contribution < 1.29 is 28.7 Å². The molecule has 0 saturated heterocycles. The molecular weight excluding hydrogens is 568 g/mol. The Balaban J connectivity index is 1.38. The van der Waals surface area contributed by atoms with Gasteiger partial charge in [0.15, 0.2) is 0 Å². The van der Waals surface area contributed by atoms with Crippen molar-refractivity contribution in [1.82, 2.24) is 10.4 Å². The zero-order valence-corrected chi connectivity index (χ0v) is 24.7. The molecule has 0 radical (unpaired) electrons. The number of methoxy groups -OCH3 is 1. The van der Waals surface area contributed by atoms with Crippen LogP contribution in [-0.2, 0) is 29.3 Å². The van der Waals surface area contributed by atoms with Gasteiger partial charge in [0.05, 0.1) is 19.3 Å². The third-order valence-electron chi connectivity index (χ3n) is 6.89. The minimum absolute atomic E-state index is 0.0682. The third kappa shape index (κ3) is 8.65. The van der Waals surface area contributed by atoms with Crippen LogP contribution in [0.2, 0.25) is 0 Å². The second kappa shape index (κ2) is 15.1. The molecule has 8 heteroatoms. The van der Waals surface area contributed by atoms with E-state index >= 15 is 0 Å². The van der Waals surface area contributed by atoms with Gasteiger partial charge in [-0.15, -0.1) is 0 Å². The Hall–Kier alpha value is -5.73. The van der Waals surface area contributed by atoms with Gasteiger partial charge in [-0.25, -0.2) is 10.3 Å². The van der Waals surface area contributed by atoms with E-state index in [0.717, 1.165) is 22.4 Å². The molecule has 5 aromatic rings. The average Bonchev–Trinajstić information content (AvgIpc) is 3.09. The summed E-state index contributed by atoms with van der Waals surface area (Å²) in [5.41, 5.74) is 5.37. The van der Waals surface area contributed by atoms with Gasteiger partial charge in [-0.2, -0.15) is 0 Å². The van der Waals surface area contributed by atoms with Gasteiger partial charge in [0.2, 0.25) is 0 Å². The molecule has 5 aromatic carbocycles. The van der Waals surface area contributed by atoms with Crippen LogP contribution in [0.1, 0.15) is 47.8 Å². The molecule has 0 heterocycles. The predicted molar refractivity (Wildman–Crippen MR) is 169 cm³/mol. The third-order valence-corrected chi connectivity index (χ3v) is 6.89. The second-order valence-electron chi connectivity index (χ2n) is 10.2. The van der Waals surface area contributed by atoms with Crippen molar-refractivity contribution in [3.05, 3.63) is 167 Å². The smallest absolute Gasteiger partial charge is 0.337 e. The largest absolute Gasteiger partial charge is 0.465 e. The lowest BCUT2D eigenvalue weighted by atomic mass is 10.0. The Kier molecular flexibility index (Phi) is 10.3. The molecule has 0 atom stereocenters. The molecule has 2 amide bonds. The van der Waals surface area contributed by atoms with Crippen LogP contribution in [0.3, 0.4) is 0 Å². The summed E-state index contributed by atoms with van der Waals surface area (Å²) in [6, 6.07) is 40.2. The van der Waals surface area contributed by atoms with Crippen molar-refractivity contribution in [3.63, 3.8) is 0 Å². The van der Waals surface area contributed by atoms with E-state index < -0.39 is 11.9 Å². The lowest BCUT2D eigenvalue weighted by Crippen LogP contribution is -2.31. The van der Waals surface area contributed by atoms with Gasteiger partial charge in [0, 0.05) is 24.2 Å². The number of benzene rings is 5. The van der Waals surface area contributed by atoms with E-state index in [1.165, 1.54) is 25.3 Å². The molecule has 45 heavy (non-hydrogen) atoms. The zero-order valence-electron chi connectivity index (χ0n) is 24.7. The summed E-state index contributed by atoms with van der Waals surface area (Å²) >= 11 is 0. The lowest BCUT2D eigenvalue weighted by Gasteiger charge is -2.24. The molecule has 8 nitrogen and oxygen atoms in total. The van der Waals surface area contributed by atoms with E-state index in [9.17, 15) is 14.4 Å². The first-order valence-corrected chi connectivity index (χ1v) is 14.3. The summed E-state index contributed by atoms with van der Waals surface area (Å²) in [4.78, 5) is 46.8. The topological polar surface area (TPSA) is 94.2 Å². The number of amides is 2. The van der Waals surface area contributed by atoms with E-state index in [2.05, 4.69) is 5.48 Å². The molecule has 0 aliphatic rings. The number of hydrogen-bond acceptors (Lipinski definition) is 6. The summed E-state index contributed by atoms with van der Waals surface area (Å²) in [5.74, 6) is -0.251. The van der Waals surface area contributed by atoms with Gasteiger partial charge >= 0.3 is 5.97 Å². The summed E-state index contributed by atoms with van der Waals surface area (Å²) in [5, 5.41) is 0. The molecule has 226 valence electrons. The number of hydrogen-bond donors (Lipinski definition) is 1. The van der Waals surface area contributed by atoms with E-state index in [0.29, 0.717) is 12.3 Å². The quantitative estimate of drug-likeness (QED) is 0.123. The molecule has 0 unspecified atom stereocenters. The van der Waals surface area contributed by atoms with E-state index in [1.807, 2.05) is 115 Å². The highest BCUT2D eigenvalue weighted by molar-refractivity contribution is 6.03. The van der Waals surface area contributed by atoms with Gasteiger partial charge in [0.25, 0.3) is 11.8 Å². The number of nitrogens with zero attached hydrogens (tertiary/aromatic N) is 1. The molecule has 0 spiro atoms. The monoisotopic (exact) mass is 600 g/mol. The fourth-order valence-electron chi connectivity index (χ4n) is 4.63. The highest BCUT2D eigenvalue weighted by atomic mass is 16.6. The Morgan fingerprint density at radius 3 is 1.73 bits per heavy atom. The number of carbonyl (C=O) groups is 3. The van der Waals surface area contributed by atoms with Crippen LogP contribution in [0.5, 0.6) is 11.5 Å². The maximum absolute atomic E-state index is 14.1. The second-order valence-corrected chi connectivity index (χ2v) is 10.2. The van der Waals surface area contributed by atoms with Crippen molar-refractivity contribution in [2.45, 2.75) is 19.7 Å². The number of ether oxygens (including phenoxy) is 2.